The van der Waals surface area contributed by atoms with Gasteiger partial charge in [0.05, 0.1) is 21.3 Å². The topological polar surface area (TPSA) is 48.7 Å². The lowest BCUT2D eigenvalue weighted by Crippen LogP contribution is -1.97. The average molecular weight is 343 g/mol. The normalized spacial score (nSPS) is 9.89. The van der Waals surface area contributed by atoms with Crippen molar-refractivity contribution in [3.8, 4) is 6.07 Å². The maximum atomic E-state index is 8.97. The zero-order valence-electron chi connectivity index (χ0n) is 8.92. The number of nitriles is 1. The van der Waals surface area contributed by atoms with Crippen LogP contribution in [0.4, 0.5) is 11.5 Å². The van der Waals surface area contributed by atoms with Gasteiger partial charge in [-0.05, 0) is 40.2 Å². The highest BCUT2D eigenvalue weighted by Gasteiger charge is 2.10. The summed E-state index contributed by atoms with van der Waals surface area (Å²) < 4.78 is 0.709. The summed E-state index contributed by atoms with van der Waals surface area (Å²) in [7, 11) is 0. The molecule has 0 bridgehead atoms. The molecule has 90 valence electrons. The summed E-state index contributed by atoms with van der Waals surface area (Å²) in [5.74, 6) is 0.445. The summed E-state index contributed by atoms with van der Waals surface area (Å²) in [5.41, 5.74) is 1.03. The number of benzene rings is 1. The molecule has 0 spiro atoms. The van der Waals surface area contributed by atoms with E-state index < -0.39 is 0 Å². The standard InChI is InChI=1S/C12H6BrCl2N3/c13-8-3-4-9(11(15)10(8)14)18-12-7(6-16)2-1-5-17-12/h1-5H,(H,17,18). The van der Waals surface area contributed by atoms with E-state index in [1.807, 2.05) is 0 Å². The minimum atomic E-state index is 0.376. The van der Waals surface area contributed by atoms with Crippen LogP contribution in [-0.4, -0.2) is 4.98 Å². The van der Waals surface area contributed by atoms with Crippen LogP contribution in [0, 0.1) is 11.3 Å². The highest BCUT2D eigenvalue weighted by atomic mass is 79.9. The number of anilines is 2. The van der Waals surface area contributed by atoms with E-state index in [2.05, 4.69) is 32.3 Å². The highest BCUT2D eigenvalue weighted by Crippen LogP contribution is 2.37. The van der Waals surface area contributed by atoms with Gasteiger partial charge in [-0.25, -0.2) is 4.98 Å². The van der Waals surface area contributed by atoms with Gasteiger partial charge < -0.3 is 5.32 Å². The summed E-state index contributed by atoms with van der Waals surface area (Å²) in [5, 5.41) is 12.7. The van der Waals surface area contributed by atoms with Gasteiger partial charge in [0.1, 0.15) is 11.9 Å². The molecule has 3 nitrogen and oxygen atoms in total. The van der Waals surface area contributed by atoms with Gasteiger partial charge in [-0.3, -0.25) is 0 Å². The first-order valence-electron chi connectivity index (χ1n) is 4.89. The molecule has 0 aliphatic heterocycles. The van der Waals surface area contributed by atoms with E-state index in [0.29, 0.717) is 31.6 Å². The summed E-state index contributed by atoms with van der Waals surface area (Å²) in [4.78, 5) is 4.09. The maximum Gasteiger partial charge on any atom is 0.148 e. The molecule has 18 heavy (non-hydrogen) atoms. The van der Waals surface area contributed by atoms with E-state index in [0.717, 1.165) is 0 Å². The Labute approximate surface area is 122 Å². The van der Waals surface area contributed by atoms with Crippen molar-refractivity contribution < 1.29 is 0 Å². The molecule has 0 fully saturated rings. The van der Waals surface area contributed by atoms with Crippen LogP contribution in [0.2, 0.25) is 10.0 Å². The third-order valence-electron chi connectivity index (χ3n) is 2.22. The first-order chi connectivity index (χ1) is 8.63. The van der Waals surface area contributed by atoms with Crippen molar-refractivity contribution in [2.45, 2.75) is 0 Å². The van der Waals surface area contributed by atoms with Crippen LogP contribution in [-0.2, 0) is 0 Å². The lowest BCUT2D eigenvalue weighted by molar-refractivity contribution is 1.28. The number of pyridine rings is 1. The lowest BCUT2D eigenvalue weighted by atomic mass is 10.2. The number of nitrogens with one attached hydrogen (secondary N) is 1. The molecule has 0 aliphatic rings. The molecular formula is C12H6BrCl2N3. The second kappa shape index (κ2) is 5.57. The fraction of sp³-hybridized carbons (Fsp3) is 0. The Bertz CT molecular complexity index is 638. The summed E-state index contributed by atoms with van der Waals surface area (Å²) >= 11 is 15.4. The lowest BCUT2D eigenvalue weighted by Gasteiger charge is -2.10. The third kappa shape index (κ3) is 2.59. The molecule has 0 atom stereocenters. The zero-order chi connectivity index (χ0) is 13.1. The molecule has 0 radical (unpaired) electrons. The first kappa shape index (κ1) is 13.2. The minimum Gasteiger partial charge on any atom is -0.338 e. The Morgan fingerprint density at radius 2 is 2.00 bits per heavy atom. The fourth-order valence-electron chi connectivity index (χ4n) is 1.35. The van der Waals surface area contributed by atoms with Gasteiger partial charge in [0.15, 0.2) is 0 Å². The molecule has 0 unspecified atom stereocenters. The molecule has 0 amide bonds. The quantitative estimate of drug-likeness (QED) is 0.800. The smallest absolute Gasteiger partial charge is 0.148 e. The summed E-state index contributed by atoms with van der Waals surface area (Å²) in [6.07, 6.45) is 1.59. The molecule has 1 aromatic carbocycles. The van der Waals surface area contributed by atoms with E-state index >= 15 is 0 Å². The highest BCUT2D eigenvalue weighted by molar-refractivity contribution is 9.10. The van der Waals surface area contributed by atoms with E-state index in [9.17, 15) is 0 Å². The monoisotopic (exact) mass is 341 g/mol. The van der Waals surface area contributed by atoms with E-state index in [-0.39, 0.29) is 0 Å². The average Bonchev–Trinajstić information content (AvgIpc) is 2.40. The second-order valence-corrected chi connectivity index (χ2v) is 4.97. The van der Waals surface area contributed by atoms with Crippen molar-refractivity contribution in [2.75, 3.05) is 5.32 Å². The Morgan fingerprint density at radius 1 is 1.22 bits per heavy atom. The largest absolute Gasteiger partial charge is 0.338 e. The number of aromatic nitrogens is 1. The molecule has 1 heterocycles. The predicted molar refractivity (Wildman–Crippen MR) is 76.4 cm³/mol. The Morgan fingerprint density at radius 3 is 2.72 bits per heavy atom. The van der Waals surface area contributed by atoms with Gasteiger partial charge >= 0.3 is 0 Å². The van der Waals surface area contributed by atoms with Crippen molar-refractivity contribution in [1.82, 2.24) is 4.98 Å². The maximum absolute atomic E-state index is 8.97. The van der Waals surface area contributed by atoms with Gasteiger partial charge in [0.2, 0.25) is 0 Å². The van der Waals surface area contributed by atoms with E-state index in [1.54, 1.807) is 30.5 Å². The first-order valence-corrected chi connectivity index (χ1v) is 6.44. The Kier molecular flexibility index (Phi) is 4.07. The van der Waals surface area contributed by atoms with E-state index in [4.69, 9.17) is 28.5 Å². The van der Waals surface area contributed by atoms with Crippen LogP contribution >= 0.6 is 39.1 Å². The van der Waals surface area contributed by atoms with Crippen molar-refractivity contribution in [1.29, 1.82) is 5.26 Å². The van der Waals surface area contributed by atoms with Crippen molar-refractivity contribution in [2.24, 2.45) is 0 Å². The molecule has 0 saturated carbocycles. The molecular weight excluding hydrogens is 337 g/mol. The number of nitrogens with zero attached hydrogens (tertiary/aromatic N) is 2. The zero-order valence-corrected chi connectivity index (χ0v) is 12.0. The molecule has 0 aliphatic carbocycles. The van der Waals surface area contributed by atoms with Gasteiger partial charge in [0, 0.05) is 10.7 Å². The van der Waals surface area contributed by atoms with Crippen LogP contribution < -0.4 is 5.32 Å². The Hall–Kier alpha value is -1.28. The van der Waals surface area contributed by atoms with Crippen LogP contribution in [0.25, 0.3) is 0 Å². The predicted octanol–water partition coefficient (Wildman–Crippen LogP) is 4.77. The SMILES string of the molecule is N#Cc1cccnc1Nc1ccc(Br)c(Cl)c1Cl. The van der Waals surface area contributed by atoms with Crippen LogP contribution in [0.1, 0.15) is 5.56 Å². The van der Waals surface area contributed by atoms with Crippen molar-refractivity contribution in [3.05, 3.63) is 50.5 Å². The number of halogens is 3. The Balaban J connectivity index is 2.41. The molecule has 1 aromatic heterocycles. The van der Waals surface area contributed by atoms with Crippen LogP contribution in [0.3, 0.4) is 0 Å². The van der Waals surface area contributed by atoms with Crippen molar-refractivity contribution in [3.63, 3.8) is 0 Å². The third-order valence-corrected chi connectivity index (χ3v) is 3.99. The van der Waals surface area contributed by atoms with Gasteiger partial charge in [0.25, 0.3) is 0 Å². The van der Waals surface area contributed by atoms with Gasteiger partial charge in [-0.15, -0.1) is 0 Å². The molecule has 6 heteroatoms. The second-order valence-electron chi connectivity index (χ2n) is 3.36. The molecule has 0 saturated heterocycles. The molecule has 2 rings (SSSR count). The minimum absolute atomic E-state index is 0.376. The summed E-state index contributed by atoms with van der Waals surface area (Å²) in [6, 6.07) is 8.94. The molecule has 1 N–H and O–H groups in total. The van der Waals surface area contributed by atoms with Gasteiger partial charge in [-0.2, -0.15) is 5.26 Å². The number of hydrogen-bond acceptors (Lipinski definition) is 3. The van der Waals surface area contributed by atoms with E-state index in [1.165, 1.54) is 0 Å². The van der Waals surface area contributed by atoms with Crippen molar-refractivity contribution >= 4 is 50.6 Å². The number of rotatable bonds is 2. The van der Waals surface area contributed by atoms with Gasteiger partial charge in [-0.1, -0.05) is 23.2 Å². The van der Waals surface area contributed by atoms with Crippen LogP contribution in [0.15, 0.2) is 34.9 Å². The molecule has 2 aromatic rings. The summed E-state index contributed by atoms with van der Waals surface area (Å²) in [6.45, 7) is 0. The number of hydrogen-bond donors (Lipinski definition) is 1. The fourth-order valence-corrected chi connectivity index (χ4v) is 2.17. The van der Waals surface area contributed by atoms with Crippen LogP contribution in [0.5, 0.6) is 0 Å².